The van der Waals surface area contributed by atoms with Crippen molar-refractivity contribution in [3.05, 3.63) is 45.7 Å². The van der Waals surface area contributed by atoms with E-state index in [0.717, 1.165) is 0 Å². The van der Waals surface area contributed by atoms with Gasteiger partial charge in [0.2, 0.25) is 0 Å². The molecular formula is C12H11ClN2O2S. The minimum absolute atomic E-state index is 0.123. The number of halogens is 1. The minimum Gasteiger partial charge on any atom is -0.482 e. The molecule has 0 spiro atoms. The van der Waals surface area contributed by atoms with Gasteiger partial charge >= 0.3 is 0 Å². The highest BCUT2D eigenvalue weighted by Crippen LogP contribution is 2.22. The Kier molecular flexibility index (Phi) is 4.17. The maximum Gasteiger partial charge on any atom is 0.286 e. The minimum atomic E-state index is -0.340. The van der Waals surface area contributed by atoms with Crippen molar-refractivity contribution in [3.63, 3.8) is 0 Å². The van der Waals surface area contributed by atoms with Crippen molar-refractivity contribution >= 4 is 28.8 Å². The first kappa shape index (κ1) is 12.9. The molecule has 1 aromatic heterocycles. The second kappa shape index (κ2) is 5.84. The lowest BCUT2D eigenvalue weighted by atomic mass is 10.3. The number of benzene rings is 1. The first-order valence-corrected chi connectivity index (χ1v) is 6.47. The molecule has 0 saturated heterocycles. The van der Waals surface area contributed by atoms with Gasteiger partial charge in [0.1, 0.15) is 5.75 Å². The average Bonchev–Trinajstić information content (AvgIpc) is 2.74. The van der Waals surface area contributed by atoms with Gasteiger partial charge in [-0.25, -0.2) is 0 Å². The summed E-state index contributed by atoms with van der Waals surface area (Å²) in [6.45, 7) is -0.123. The number of amides is 1. The van der Waals surface area contributed by atoms with Gasteiger partial charge in [-0.15, -0.1) is 11.3 Å². The maximum atomic E-state index is 11.6. The second-order valence-electron chi connectivity index (χ2n) is 3.52. The van der Waals surface area contributed by atoms with E-state index in [4.69, 9.17) is 16.3 Å². The van der Waals surface area contributed by atoms with Gasteiger partial charge in [0.15, 0.2) is 11.4 Å². The molecule has 94 valence electrons. The molecule has 0 aliphatic heterocycles. The third kappa shape index (κ3) is 3.21. The number of nitrogens with zero attached hydrogens (tertiary/aromatic N) is 2. The van der Waals surface area contributed by atoms with Gasteiger partial charge in [-0.05, 0) is 12.1 Å². The van der Waals surface area contributed by atoms with Crippen LogP contribution >= 0.6 is 22.9 Å². The largest absolute Gasteiger partial charge is 0.482 e. The van der Waals surface area contributed by atoms with Gasteiger partial charge in [-0.2, -0.15) is 4.99 Å². The van der Waals surface area contributed by atoms with E-state index >= 15 is 0 Å². The SMILES string of the molecule is Cn1ccsc1=NC(=O)COc1ccccc1Cl. The van der Waals surface area contributed by atoms with Crippen LogP contribution in [0.2, 0.25) is 5.02 Å². The highest BCUT2D eigenvalue weighted by atomic mass is 35.5. The fourth-order valence-corrected chi connectivity index (χ4v) is 2.21. The zero-order valence-electron chi connectivity index (χ0n) is 9.67. The summed E-state index contributed by atoms with van der Waals surface area (Å²) in [6.07, 6.45) is 1.84. The number of rotatable bonds is 3. The Bertz CT molecular complexity index is 618. The molecular weight excluding hydrogens is 272 g/mol. The molecule has 0 radical (unpaired) electrons. The Labute approximate surface area is 113 Å². The van der Waals surface area contributed by atoms with Crippen LogP contribution in [0.5, 0.6) is 5.75 Å². The van der Waals surface area contributed by atoms with Crippen molar-refractivity contribution in [1.29, 1.82) is 0 Å². The highest BCUT2D eigenvalue weighted by molar-refractivity contribution is 7.07. The lowest BCUT2D eigenvalue weighted by molar-refractivity contribution is -0.120. The van der Waals surface area contributed by atoms with Crippen molar-refractivity contribution in [2.75, 3.05) is 6.61 Å². The summed E-state index contributed by atoms with van der Waals surface area (Å²) < 4.78 is 7.08. The Morgan fingerprint density at radius 1 is 1.50 bits per heavy atom. The van der Waals surface area contributed by atoms with Crippen molar-refractivity contribution in [3.8, 4) is 5.75 Å². The molecule has 6 heteroatoms. The van der Waals surface area contributed by atoms with E-state index in [2.05, 4.69) is 4.99 Å². The van der Waals surface area contributed by atoms with E-state index in [9.17, 15) is 4.79 Å². The van der Waals surface area contributed by atoms with Crippen molar-refractivity contribution in [2.45, 2.75) is 0 Å². The van der Waals surface area contributed by atoms with E-state index in [1.165, 1.54) is 11.3 Å². The number of thiazole rings is 1. The molecule has 0 unspecified atom stereocenters. The molecule has 2 aromatic rings. The van der Waals surface area contributed by atoms with Gasteiger partial charge < -0.3 is 9.30 Å². The highest BCUT2D eigenvalue weighted by Gasteiger charge is 2.04. The number of para-hydroxylation sites is 1. The number of hydrogen-bond acceptors (Lipinski definition) is 3. The monoisotopic (exact) mass is 282 g/mol. The van der Waals surface area contributed by atoms with Crippen molar-refractivity contribution in [2.24, 2.45) is 12.0 Å². The summed E-state index contributed by atoms with van der Waals surface area (Å²) in [4.78, 5) is 16.2. The van der Waals surface area contributed by atoms with Crippen molar-refractivity contribution < 1.29 is 9.53 Å². The molecule has 1 heterocycles. The first-order chi connectivity index (χ1) is 8.66. The third-order valence-electron chi connectivity index (χ3n) is 2.17. The predicted octanol–water partition coefficient (Wildman–Crippen LogP) is 2.25. The molecule has 1 amide bonds. The number of ether oxygens (including phenoxy) is 1. The van der Waals surface area contributed by atoms with Crippen LogP contribution in [0, 0.1) is 0 Å². The average molecular weight is 283 g/mol. The number of aryl methyl sites for hydroxylation is 1. The predicted molar refractivity (Wildman–Crippen MR) is 70.8 cm³/mol. The Hall–Kier alpha value is -1.59. The first-order valence-electron chi connectivity index (χ1n) is 5.22. The molecule has 0 atom stereocenters. The molecule has 2 rings (SSSR count). The summed E-state index contributed by atoms with van der Waals surface area (Å²) >= 11 is 7.30. The van der Waals surface area contributed by atoms with Crippen LogP contribution in [0.3, 0.4) is 0 Å². The molecule has 0 aliphatic carbocycles. The molecule has 0 saturated carbocycles. The van der Waals surface area contributed by atoms with Gasteiger partial charge in [0, 0.05) is 18.6 Å². The summed E-state index contributed by atoms with van der Waals surface area (Å²) in [5, 5.41) is 2.34. The normalized spacial score (nSPS) is 11.6. The summed E-state index contributed by atoms with van der Waals surface area (Å²) in [5.74, 6) is 0.145. The van der Waals surface area contributed by atoms with Gasteiger partial charge in [-0.3, -0.25) is 4.79 Å². The number of carbonyl (C=O) groups is 1. The topological polar surface area (TPSA) is 43.6 Å². The van der Waals surface area contributed by atoms with E-state index in [-0.39, 0.29) is 12.5 Å². The lowest BCUT2D eigenvalue weighted by Gasteiger charge is -2.04. The third-order valence-corrected chi connectivity index (χ3v) is 3.33. The summed E-state index contributed by atoms with van der Waals surface area (Å²) in [5.41, 5.74) is 0. The number of aromatic nitrogens is 1. The Morgan fingerprint density at radius 2 is 2.28 bits per heavy atom. The number of hydrogen-bond donors (Lipinski definition) is 0. The van der Waals surface area contributed by atoms with Crippen LogP contribution in [0.15, 0.2) is 40.8 Å². The van der Waals surface area contributed by atoms with Crippen LogP contribution < -0.4 is 9.54 Å². The summed E-state index contributed by atoms with van der Waals surface area (Å²) in [6, 6.07) is 7.01. The van der Waals surface area contributed by atoms with Gasteiger partial charge in [-0.1, -0.05) is 23.7 Å². The molecule has 1 aromatic carbocycles. The molecule has 18 heavy (non-hydrogen) atoms. The van der Waals surface area contributed by atoms with Crippen LogP contribution in [-0.2, 0) is 11.8 Å². The van der Waals surface area contributed by atoms with E-state index in [0.29, 0.717) is 15.6 Å². The summed E-state index contributed by atoms with van der Waals surface area (Å²) in [7, 11) is 1.83. The zero-order valence-corrected chi connectivity index (χ0v) is 11.2. The van der Waals surface area contributed by atoms with E-state index in [1.807, 2.05) is 18.6 Å². The van der Waals surface area contributed by atoms with Crippen molar-refractivity contribution in [1.82, 2.24) is 4.57 Å². The van der Waals surface area contributed by atoms with Crippen LogP contribution in [-0.4, -0.2) is 17.1 Å². The Morgan fingerprint density at radius 3 is 2.94 bits per heavy atom. The molecule has 0 N–H and O–H groups in total. The van der Waals surface area contributed by atoms with E-state index in [1.54, 1.807) is 28.8 Å². The van der Waals surface area contributed by atoms with Gasteiger partial charge in [0.25, 0.3) is 5.91 Å². The van der Waals surface area contributed by atoms with Crippen LogP contribution in [0.25, 0.3) is 0 Å². The van der Waals surface area contributed by atoms with Crippen LogP contribution in [0.4, 0.5) is 0 Å². The quantitative estimate of drug-likeness (QED) is 0.867. The fourth-order valence-electron chi connectivity index (χ4n) is 1.27. The zero-order chi connectivity index (χ0) is 13.0. The maximum absolute atomic E-state index is 11.6. The molecule has 4 nitrogen and oxygen atoms in total. The van der Waals surface area contributed by atoms with E-state index < -0.39 is 0 Å². The molecule has 0 aliphatic rings. The lowest BCUT2D eigenvalue weighted by Crippen LogP contribution is -2.16. The standard InChI is InChI=1S/C12H11ClN2O2S/c1-15-6-7-18-12(15)14-11(16)8-17-10-5-3-2-4-9(10)13/h2-7H,8H2,1H3. The Balaban J connectivity index is 2.02. The second-order valence-corrected chi connectivity index (χ2v) is 4.80. The smallest absolute Gasteiger partial charge is 0.286 e. The molecule has 0 bridgehead atoms. The van der Waals surface area contributed by atoms with Gasteiger partial charge in [0.05, 0.1) is 5.02 Å². The fraction of sp³-hybridized carbons (Fsp3) is 0.167. The molecule has 0 fully saturated rings. The van der Waals surface area contributed by atoms with Crippen LogP contribution in [0.1, 0.15) is 0 Å². The number of carbonyl (C=O) groups excluding carboxylic acids is 1.